The summed E-state index contributed by atoms with van der Waals surface area (Å²) in [5, 5.41) is 4.98. The quantitative estimate of drug-likeness (QED) is 0.738. The van der Waals surface area contributed by atoms with Gasteiger partial charge in [-0.05, 0) is 19.1 Å². The van der Waals surface area contributed by atoms with Crippen molar-refractivity contribution in [3.63, 3.8) is 0 Å². The molecule has 3 rings (SSSR count). The number of para-hydroxylation sites is 1. The van der Waals surface area contributed by atoms with Crippen LogP contribution in [0.5, 0.6) is 5.75 Å². The number of nitrogens with zero attached hydrogens (tertiary/aromatic N) is 4. The second-order valence-electron chi connectivity index (χ2n) is 5.22. The molecule has 1 aromatic carbocycles. The minimum Gasteiger partial charge on any atom is -0.494 e. The fraction of sp³-hybridized carbons (Fsp3) is 0.312. The van der Waals surface area contributed by atoms with Crippen molar-refractivity contribution in [2.45, 2.75) is 20.4 Å². The van der Waals surface area contributed by atoms with E-state index in [2.05, 4.69) is 26.1 Å². The molecule has 0 fully saturated rings. The summed E-state index contributed by atoms with van der Waals surface area (Å²) in [5.74, 6) is 2.00. The first-order chi connectivity index (χ1) is 10.6. The molecule has 0 atom stereocenters. The molecule has 0 aliphatic rings. The van der Waals surface area contributed by atoms with E-state index in [0.717, 1.165) is 28.0 Å². The average Bonchev–Trinajstić information content (AvgIpc) is 2.90. The van der Waals surface area contributed by atoms with E-state index in [1.165, 1.54) is 0 Å². The van der Waals surface area contributed by atoms with E-state index in [4.69, 9.17) is 9.26 Å². The van der Waals surface area contributed by atoms with Crippen molar-refractivity contribution in [2.24, 2.45) is 0 Å². The Morgan fingerprint density at radius 1 is 1.23 bits per heavy atom. The Balaban J connectivity index is 2.05. The number of rotatable bonds is 4. The molecular formula is C16H18N4O2. The summed E-state index contributed by atoms with van der Waals surface area (Å²) in [5.41, 5.74) is 2.85. The molecule has 0 saturated carbocycles. The van der Waals surface area contributed by atoms with E-state index in [9.17, 15) is 0 Å². The Morgan fingerprint density at radius 2 is 2.05 bits per heavy atom. The van der Waals surface area contributed by atoms with Gasteiger partial charge < -0.3 is 14.2 Å². The molecule has 114 valence electrons. The van der Waals surface area contributed by atoms with Gasteiger partial charge in [0.2, 0.25) is 5.89 Å². The molecule has 2 heterocycles. The van der Waals surface area contributed by atoms with Crippen LogP contribution in [-0.4, -0.2) is 29.3 Å². The number of pyridine rings is 1. The minimum absolute atomic E-state index is 0.563. The Labute approximate surface area is 128 Å². The summed E-state index contributed by atoms with van der Waals surface area (Å²) in [6, 6.07) is 7.97. The lowest BCUT2D eigenvalue weighted by molar-refractivity contribution is 0.387. The van der Waals surface area contributed by atoms with Gasteiger partial charge in [0.1, 0.15) is 11.3 Å². The van der Waals surface area contributed by atoms with Gasteiger partial charge in [0.05, 0.1) is 13.7 Å². The highest BCUT2D eigenvalue weighted by Crippen LogP contribution is 2.32. The molecule has 0 radical (unpaired) electrons. The van der Waals surface area contributed by atoms with Crippen LogP contribution in [0.2, 0.25) is 0 Å². The first-order valence-corrected chi connectivity index (χ1v) is 7.03. The molecular weight excluding hydrogens is 280 g/mol. The fourth-order valence-corrected chi connectivity index (χ4v) is 2.51. The third-order valence-corrected chi connectivity index (χ3v) is 3.49. The fourth-order valence-electron chi connectivity index (χ4n) is 2.51. The largest absolute Gasteiger partial charge is 0.494 e. The Morgan fingerprint density at radius 3 is 2.73 bits per heavy atom. The van der Waals surface area contributed by atoms with Crippen molar-refractivity contribution in [1.29, 1.82) is 0 Å². The zero-order chi connectivity index (χ0) is 15.7. The smallest absolute Gasteiger partial charge is 0.223 e. The average molecular weight is 298 g/mol. The number of ether oxygens (including phenoxy) is 1. The maximum absolute atomic E-state index is 5.42. The molecule has 0 aliphatic heterocycles. The predicted octanol–water partition coefficient (Wildman–Crippen LogP) is 2.88. The third kappa shape index (κ3) is 2.59. The predicted molar refractivity (Wildman–Crippen MR) is 84.2 cm³/mol. The molecule has 6 heteroatoms. The van der Waals surface area contributed by atoms with Gasteiger partial charge in [0.15, 0.2) is 5.82 Å². The maximum atomic E-state index is 5.42. The number of anilines is 1. The summed E-state index contributed by atoms with van der Waals surface area (Å²) in [6.07, 6.45) is 0. The van der Waals surface area contributed by atoms with E-state index >= 15 is 0 Å². The van der Waals surface area contributed by atoms with Crippen LogP contribution >= 0.6 is 0 Å². The standard InChI is InChI=1S/C16H18N4O2/c1-10-8-13(20(3)9-15-18-11(2)22-19-15)12-6-5-7-14(21-4)16(12)17-10/h5-8H,9H2,1-4H3. The Hall–Kier alpha value is -2.63. The van der Waals surface area contributed by atoms with E-state index in [-0.39, 0.29) is 0 Å². The summed E-state index contributed by atoms with van der Waals surface area (Å²) in [7, 11) is 3.66. The molecule has 0 bridgehead atoms. The normalized spacial score (nSPS) is 10.9. The monoisotopic (exact) mass is 298 g/mol. The van der Waals surface area contributed by atoms with Crippen LogP contribution in [0.3, 0.4) is 0 Å². The van der Waals surface area contributed by atoms with Crippen LogP contribution in [0.1, 0.15) is 17.4 Å². The van der Waals surface area contributed by atoms with Crippen LogP contribution in [0, 0.1) is 13.8 Å². The van der Waals surface area contributed by atoms with E-state index < -0.39 is 0 Å². The molecule has 0 N–H and O–H groups in total. The van der Waals surface area contributed by atoms with Crippen molar-refractivity contribution in [3.05, 3.63) is 41.7 Å². The van der Waals surface area contributed by atoms with E-state index in [1.807, 2.05) is 32.2 Å². The summed E-state index contributed by atoms with van der Waals surface area (Å²) < 4.78 is 10.4. The molecule has 0 amide bonds. The minimum atomic E-state index is 0.563. The molecule has 0 spiro atoms. The van der Waals surface area contributed by atoms with Gasteiger partial charge in [-0.25, -0.2) is 4.98 Å². The number of aromatic nitrogens is 3. The molecule has 6 nitrogen and oxygen atoms in total. The number of hydrogen-bond acceptors (Lipinski definition) is 6. The molecule has 0 unspecified atom stereocenters. The first-order valence-electron chi connectivity index (χ1n) is 7.03. The lowest BCUT2D eigenvalue weighted by Gasteiger charge is -2.20. The SMILES string of the molecule is COc1cccc2c(N(C)Cc3noc(C)n3)cc(C)nc12. The zero-order valence-electron chi connectivity index (χ0n) is 13.1. The second-order valence-corrected chi connectivity index (χ2v) is 5.22. The molecule has 0 aliphatic carbocycles. The van der Waals surface area contributed by atoms with Crippen molar-refractivity contribution >= 4 is 16.6 Å². The highest BCUT2D eigenvalue weighted by atomic mass is 16.5. The van der Waals surface area contributed by atoms with Crippen molar-refractivity contribution in [1.82, 2.24) is 15.1 Å². The van der Waals surface area contributed by atoms with Gasteiger partial charge in [-0.2, -0.15) is 4.98 Å². The zero-order valence-corrected chi connectivity index (χ0v) is 13.1. The lowest BCUT2D eigenvalue weighted by atomic mass is 10.1. The summed E-state index contributed by atoms with van der Waals surface area (Å²) in [6.45, 7) is 4.32. The van der Waals surface area contributed by atoms with Crippen molar-refractivity contribution < 1.29 is 9.26 Å². The molecule has 2 aromatic heterocycles. The Kier molecular flexibility index (Phi) is 3.66. The highest BCUT2D eigenvalue weighted by molar-refractivity contribution is 5.95. The number of methoxy groups -OCH3 is 1. The van der Waals surface area contributed by atoms with Crippen LogP contribution < -0.4 is 9.64 Å². The van der Waals surface area contributed by atoms with Crippen LogP contribution in [0.25, 0.3) is 10.9 Å². The van der Waals surface area contributed by atoms with Gasteiger partial charge in [0.25, 0.3) is 0 Å². The second kappa shape index (κ2) is 5.63. The lowest BCUT2D eigenvalue weighted by Crippen LogP contribution is -2.18. The van der Waals surface area contributed by atoms with Gasteiger partial charge in [-0.3, -0.25) is 0 Å². The van der Waals surface area contributed by atoms with Gasteiger partial charge in [-0.1, -0.05) is 17.3 Å². The van der Waals surface area contributed by atoms with Crippen LogP contribution in [0.4, 0.5) is 5.69 Å². The van der Waals surface area contributed by atoms with Crippen LogP contribution in [0.15, 0.2) is 28.8 Å². The molecule has 3 aromatic rings. The number of fused-ring (bicyclic) bond motifs is 1. The first kappa shape index (κ1) is 14.3. The maximum Gasteiger partial charge on any atom is 0.223 e. The Bertz CT molecular complexity index is 813. The van der Waals surface area contributed by atoms with Crippen LogP contribution in [-0.2, 0) is 6.54 Å². The van der Waals surface area contributed by atoms with E-state index in [0.29, 0.717) is 18.3 Å². The third-order valence-electron chi connectivity index (χ3n) is 3.49. The molecule has 22 heavy (non-hydrogen) atoms. The van der Waals surface area contributed by atoms with Gasteiger partial charge >= 0.3 is 0 Å². The van der Waals surface area contributed by atoms with Crippen molar-refractivity contribution in [3.8, 4) is 5.75 Å². The number of benzene rings is 1. The highest BCUT2D eigenvalue weighted by Gasteiger charge is 2.13. The van der Waals surface area contributed by atoms with E-state index in [1.54, 1.807) is 14.0 Å². The van der Waals surface area contributed by atoms with Crippen molar-refractivity contribution in [2.75, 3.05) is 19.1 Å². The molecule has 0 saturated heterocycles. The topological polar surface area (TPSA) is 64.3 Å². The number of aryl methyl sites for hydroxylation is 2. The summed E-state index contributed by atoms with van der Waals surface area (Å²) in [4.78, 5) is 10.9. The number of hydrogen-bond donors (Lipinski definition) is 0. The van der Waals surface area contributed by atoms with Gasteiger partial charge in [-0.15, -0.1) is 0 Å². The van der Waals surface area contributed by atoms with Gasteiger partial charge in [0, 0.05) is 30.7 Å². The summed E-state index contributed by atoms with van der Waals surface area (Å²) >= 11 is 0.